The summed E-state index contributed by atoms with van der Waals surface area (Å²) in [6.45, 7) is 1.50. The van der Waals surface area contributed by atoms with E-state index in [1.165, 1.54) is 18.7 Å². The van der Waals surface area contributed by atoms with Gasteiger partial charge in [-0.3, -0.25) is 4.79 Å². The first kappa shape index (κ1) is 12.6. The molecule has 19 heavy (non-hydrogen) atoms. The summed E-state index contributed by atoms with van der Waals surface area (Å²) in [6.07, 6.45) is 2.26. The summed E-state index contributed by atoms with van der Waals surface area (Å²) in [7, 11) is 0. The van der Waals surface area contributed by atoms with Crippen LogP contribution in [0.4, 0.5) is 0 Å². The molecule has 98 valence electrons. The summed E-state index contributed by atoms with van der Waals surface area (Å²) in [5, 5.41) is 12.9. The van der Waals surface area contributed by atoms with Crippen molar-refractivity contribution in [2.24, 2.45) is 0 Å². The van der Waals surface area contributed by atoms with E-state index in [0.717, 1.165) is 22.9 Å². The summed E-state index contributed by atoms with van der Waals surface area (Å²) in [5.74, 6) is -0.0376. The van der Waals surface area contributed by atoms with Crippen molar-refractivity contribution in [3.05, 3.63) is 28.8 Å². The molecule has 3 rings (SSSR count). The van der Waals surface area contributed by atoms with Gasteiger partial charge in [-0.1, -0.05) is 11.6 Å². The average Bonchev–Trinajstić information content (AvgIpc) is 3.10. The SMILES string of the molecule is CC(=O)c1ccc(Sc2nnnn2C2CC2)cc1Cl. The van der Waals surface area contributed by atoms with Crippen LogP contribution in [0.25, 0.3) is 0 Å². The summed E-state index contributed by atoms with van der Waals surface area (Å²) >= 11 is 7.54. The Labute approximate surface area is 119 Å². The third kappa shape index (κ3) is 2.64. The van der Waals surface area contributed by atoms with Crippen molar-refractivity contribution < 1.29 is 4.79 Å². The molecule has 2 aromatic rings. The van der Waals surface area contributed by atoms with Gasteiger partial charge in [-0.05, 0) is 60.2 Å². The molecule has 0 spiro atoms. The largest absolute Gasteiger partial charge is 0.294 e. The fourth-order valence-corrected chi connectivity index (χ4v) is 3.01. The Morgan fingerprint density at radius 3 is 2.89 bits per heavy atom. The molecule has 0 saturated heterocycles. The number of ketones is 1. The van der Waals surface area contributed by atoms with E-state index >= 15 is 0 Å². The quantitative estimate of drug-likeness (QED) is 0.811. The Balaban J connectivity index is 1.85. The van der Waals surface area contributed by atoms with Crippen molar-refractivity contribution in [1.29, 1.82) is 0 Å². The molecular weight excluding hydrogens is 284 g/mol. The van der Waals surface area contributed by atoms with Crippen LogP contribution < -0.4 is 0 Å². The van der Waals surface area contributed by atoms with Crippen LogP contribution in [-0.4, -0.2) is 26.0 Å². The third-order valence-corrected chi connectivity index (χ3v) is 4.14. The minimum atomic E-state index is -0.0376. The van der Waals surface area contributed by atoms with Gasteiger partial charge in [-0.15, -0.1) is 5.10 Å². The lowest BCUT2D eigenvalue weighted by Gasteiger charge is -2.04. The Bertz CT molecular complexity index is 638. The van der Waals surface area contributed by atoms with Gasteiger partial charge in [-0.25, -0.2) is 4.68 Å². The molecule has 1 heterocycles. The van der Waals surface area contributed by atoms with Crippen LogP contribution in [0.15, 0.2) is 28.3 Å². The number of Topliss-reactive ketones (excluding diaryl/α,β-unsaturated/α-hetero) is 1. The first-order valence-corrected chi connectivity index (χ1v) is 7.11. The van der Waals surface area contributed by atoms with Crippen LogP contribution >= 0.6 is 23.4 Å². The van der Waals surface area contributed by atoms with Crippen LogP contribution in [0.1, 0.15) is 36.2 Å². The predicted molar refractivity (Wildman–Crippen MR) is 71.7 cm³/mol. The number of rotatable bonds is 4. The van der Waals surface area contributed by atoms with Crippen LogP contribution in [0, 0.1) is 0 Å². The lowest BCUT2D eigenvalue weighted by Crippen LogP contribution is -1.98. The maximum Gasteiger partial charge on any atom is 0.214 e. The second-order valence-electron chi connectivity index (χ2n) is 4.44. The van der Waals surface area contributed by atoms with Gasteiger partial charge in [0, 0.05) is 10.5 Å². The maximum atomic E-state index is 11.3. The molecule has 1 aromatic heterocycles. The molecule has 0 N–H and O–H groups in total. The predicted octanol–water partition coefficient (Wildman–Crippen LogP) is 3.02. The smallest absolute Gasteiger partial charge is 0.214 e. The van der Waals surface area contributed by atoms with Crippen molar-refractivity contribution in [3.63, 3.8) is 0 Å². The highest BCUT2D eigenvalue weighted by molar-refractivity contribution is 7.99. The summed E-state index contributed by atoms with van der Waals surface area (Å²) in [5.41, 5.74) is 0.535. The Morgan fingerprint density at radius 1 is 1.47 bits per heavy atom. The van der Waals surface area contributed by atoms with Gasteiger partial charge in [0.05, 0.1) is 11.1 Å². The zero-order chi connectivity index (χ0) is 13.4. The first-order valence-electron chi connectivity index (χ1n) is 5.91. The topological polar surface area (TPSA) is 60.7 Å². The molecule has 0 radical (unpaired) electrons. The van der Waals surface area contributed by atoms with Gasteiger partial charge in [0.25, 0.3) is 0 Å². The fourth-order valence-electron chi connectivity index (χ4n) is 1.75. The lowest BCUT2D eigenvalue weighted by atomic mass is 10.1. The van der Waals surface area contributed by atoms with Crippen LogP contribution in [0.5, 0.6) is 0 Å². The number of carbonyl (C=O) groups is 1. The number of hydrogen-bond acceptors (Lipinski definition) is 5. The van der Waals surface area contributed by atoms with Gasteiger partial charge < -0.3 is 0 Å². The van der Waals surface area contributed by atoms with Gasteiger partial charge in [0.2, 0.25) is 5.16 Å². The average molecular weight is 295 g/mol. The van der Waals surface area contributed by atoms with Crippen LogP contribution in [0.3, 0.4) is 0 Å². The molecule has 0 atom stereocenters. The van der Waals surface area contributed by atoms with E-state index in [-0.39, 0.29) is 5.78 Å². The van der Waals surface area contributed by atoms with E-state index in [4.69, 9.17) is 11.6 Å². The number of aromatic nitrogens is 4. The van der Waals surface area contributed by atoms with Crippen LogP contribution in [0.2, 0.25) is 5.02 Å². The highest BCUT2D eigenvalue weighted by Gasteiger charge is 2.28. The van der Waals surface area contributed by atoms with Crippen molar-refractivity contribution in [1.82, 2.24) is 20.2 Å². The summed E-state index contributed by atoms with van der Waals surface area (Å²) < 4.78 is 1.84. The second-order valence-corrected chi connectivity index (χ2v) is 5.88. The number of tetrazole rings is 1. The van der Waals surface area contributed by atoms with E-state index in [1.54, 1.807) is 12.1 Å². The van der Waals surface area contributed by atoms with Crippen molar-refractivity contribution in [3.8, 4) is 0 Å². The number of hydrogen-bond donors (Lipinski definition) is 0. The van der Waals surface area contributed by atoms with Crippen molar-refractivity contribution >= 4 is 29.1 Å². The first-order chi connectivity index (χ1) is 9.15. The maximum absolute atomic E-state index is 11.3. The van der Waals surface area contributed by atoms with E-state index in [9.17, 15) is 4.79 Å². The van der Waals surface area contributed by atoms with Gasteiger partial charge in [0.1, 0.15) is 0 Å². The molecule has 1 fully saturated rings. The van der Waals surface area contributed by atoms with Gasteiger partial charge in [-0.2, -0.15) is 0 Å². The molecule has 1 aromatic carbocycles. The highest BCUT2D eigenvalue weighted by atomic mass is 35.5. The minimum absolute atomic E-state index is 0.0376. The Morgan fingerprint density at radius 2 is 2.26 bits per heavy atom. The monoisotopic (exact) mass is 294 g/mol. The van der Waals surface area contributed by atoms with E-state index < -0.39 is 0 Å². The van der Waals surface area contributed by atoms with E-state index in [1.807, 2.05) is 10.7 Å². The van der Waals surface area contributed by atoms with Crippen LogP contribution in [-0.2, 0) is 0 Å². The van der Waals surface area contributed by atoms with Crippen molar-refractivity contribution in [2.45, 2.75) is 35.9 Å². The summed E-state index contributed by atoms with van der Waals surface area (Å²) in [4.78, 5) is 12.2. The lowest BCUT2D eigenvalue weighted by molar-refractivity contribution is 0.101. The highest BCUT2D eigenvalue weighted by Crippen LogP contribution is 2.38. The van der Waals surface area contributed by atoms with E-state index in [2.05, 4.69) is 15.5 Å². The molecule has 7 heteroatoms. The Kier molecular flexibility index (Phi) is 3.28. The normalized spacial score (nSPS) is 14.6. The standard InChI is InChI=1S/C12H11ClN4OS/c1-7(18)10-5-4-9(6-11(10)13)19-12-14-15-16-17(12)8-2-3-8/h4-6,8H,2-3H2,1H3. The molecule has 1 saturated carbocycles. The fraction of sp³-hybridized carbons (Fsp3) is 0.333. The molecule has 0 aliphatic heterocycles. The number of nitrogens with zero attached hydrogens (tertiary/aromatic N) is 4. The molecule has 0 bridgehead atoms. The van der Waals surface area contributed by atoms with E-state index in [0.29, 0.717) is 16.6 Å². The van der Waals surface area contributed by atoms with Crippen molar-refractivity contribution in [2.75, 3.05) is 0 Å². The minimum Gasteiger partial charge on any atom is -0.294 e. The second kappa shape index (κ2) is 4.94. The molecule has 5 nitrogen and oxygen atoms in total. The zero-order valence-corrected chi connectivity index (χ0v) is 11.8. The number of halogens is 1. The molecule has 1 aliphatic carbocycles. The molecule has 1 aliphatic rings. The zero-order valence-electron chi connectivity index (χ0n) is 10.2. The number of benzene rings is 1. The third-order valence-electron chi connectivity index (χ3n) is 2.88. The number of carbonyl (C=O) groups excluding carboxylic acids is 1. The van der Waals surface area contributed by atoms with Gasteiger partial charge >= 0.3 is 0 Å². The molecule has 0 amide bonds. The Hall–Kier alpha value is -1.40. The summed E-state index contributed by atoms with van der Waals surface area (Å²) in [6, 6.07) is 5.80. The van der Waals surface area contributed by atoms with Gasteiger partial charge in [0.15, 0.2) is 5.78 Å². The molecule has 0 unspecified atom stereocenters. The molecular formula is C12H11ClN4OS.